The number of aryl methyl sites for hydroxylation is 1. The Kier molecular flexibility index (Phi) is 8.09. The van der Waals surface area contributed by atoms with E-state index in [1.54, 1.807) is 0 Å². The van der Waals surface area contributed by atoms with Gasteiger partial charge in [-0.25, -0.2) is 9.78 Å². The molecule has 1 aromatic heterocycles. The largest absolute Gasteiger partial charge is 0.390 e. The number of hydrogen-bond donors (Lipinski definition) is 3. The highest BCUT2D eigenvalue weighted by atomic mass is 16.5. The van der Waals surface area contributed by atoms with Crippen LogP contribution >= 0.6 is 0 Å². The second-order valence-electron chi connectivity index (χ2n) is 11.6. The van der Waals surface area contributed by atoms with Gasteiger partial charge in [-0.3, -0.25) is 0 Å². The number of rotatable bonds is 6. The second kappa shape index (κ2) is 11.5. The second-order valence-corrected chi connectivity index (χ2v) is 11.6. The first kappa shape index (κ1) is 26.8. The number of nitrogens with zero attached hydrogens (tertiary/aromatic N) is 3. The summed E-state index contributed by atoms with van der Waals surface area (Å²) in [5.74, 6) is 2.39. The van der Waals surface area contributed by atoms with E-state index in [1.165, 1.54) is 0 Å². The van der Waals surface area contributed by atoms with Gasteiger partial charge in [0.2, 0.25) is 0 Å². The molecule has 38 heavy (non-hydrogen) atoms. The van der Waals surface area contributed by atoms with Crippen LogP contribution in [0.3, 0.4) is 0 Å². The Morgan fingerprint density at radius 3 is 2.61 bits per heavy atom. The average Bonchev–Trinajstić information content (AvgIpc) is 3.41. The van der Waals surface area contributed by atoms with Crippen molar-refractivity contribution < 1.29 is 14.6 Å². The number of urea groups is 1. The summed E-state index contributed by atoms with van der Waals surface area (Å²) in [4.78, 5) is 22.2. The van der Waals surface area contributed by atoms with E-state index in [9.17, 15) is 9.90 Å². The fourth-order valence-electron chi connectivity index (χ4n) is 5.86. The van der Waals surface area contributed by atoms with Crippen LogP contribution in [0.15, 0.2) is 30.3 Å². The summed E-state index contributed by atoms with van der Waals surface area (Å²) in [6, 6.07) is 10.7. The molecule has 5 rings (SSSR count). The van der Waals surface area contributed by atoms with Crippen molar-refractivity contribution in [3.8, 4) is 11.1 Å². The van der Waals surface area contributed by atoms with Gasteiger partial charge in [-0.2, -0.15) is 0 Å². The lowest BCUT2D eigenvalue weighted by Crippen LogP contribution is -2.37. The highest BCUT2D eigenvalue weighted by Crippen LogP contribution is 2.34. The summed E-state index contributed by atoms with van der Waals surface area (Å²) in [7, 11) is 0. The first-order valence-electron chi connectivity index (χ1n) is 14.3. The number of carbonyl (C=O) groups is 1. The molecule has 0 radical (unpaired) electrons. The average molecular weight is 522 g/mol. The van der Waals surface area contributed by atoms with Gasteiger partial charge in [-0.1, -0.05) is 19.4 Å². The van der Waals surface area contributed by atoms with Crippen molar-refractivity contribution in [3.05, 3.63) is 35.9 Å². The summed E-state index contributed by atoms with van der Waals surface area (Å²) in [6.45, 7) is 10.9. The van der Waals surface area contributed by atoms with Crippen LogP contribution in [-0.4, -0.2) is 72.1 Å². The third-order valence-electron chi connectivity index (χ3n) is 8.51. The van der Waals surface area contributed by atoms with Crippen molar-refractivity contribution in [1.29, 1.82) is 0 Å². The van der Waals surface area contributed by atoms with Gasteiger partial charge >= 0.3 is 6.03 Å². The molecule has 3 heterocycles. The highest BCUT2D eigenvalue weighted by Gasteiger charge is 2.29. The maximum atomic E-state index is 12.9. The van der Waals surface area contributed by atoms with Gasteiger partial charge in [0.15, 0.2) is 0 Å². The number of nitrogens with one attached hydrogen (secondary N) is 2. The molecule has 0 spiro atoms. The quantitative estimate of drug-likeness (QED) is 0.480. The van der Waals surface area contributed by atoms with E-state index in [1.807, 2.05) is 17.9 Å². The van der Waals surface area contributed by atoms with Crippen LogP contribution in [0, 0.1) is 12.8 Å². The van der Waals surface area contributed by atoms with Crippen LogP contribution in [0.25, 0.3) is 11.1 Å². The van der Waals surface area contributed by atoms with E-state index in [0.29, 0.717) is 19.1 Å². The zero-order valence-electron chi connectivity index (χ0n) is 23.1. The van der Waals surface area contributed by atoms with Gasteiger partial charge in [0, 0.05) is 37.9 Å². The number of hydrogen-bond acceptors (Lipinski definition) is 6. The maximum Gasteiger partial charge on any atom is 0.321 e. The molecule has 8 heteroatoms. The van der Waals surface area contributed by atoms with Crippen molar-refractivity contribution in [2.45, 2.75) is 70.9 Å². The number of morpholine rings is 1. The smallest absolute Gasteiger partial charge is 0.321 e. The molecule has 1 aliphatic carbocycles. The monoisotopic (exact) mass is 521 g/mol. The van der Waals surface area contributed by atoms with Crippen molar-refractivity contribution in [2.24, 2.45) is 5.92 Å². The fourth-order valence-corrected chi connectivity index (χ4v) is 5.86. The van der Waals surface area contributed by atoms with Gasteiger partial charge in [0.1, 0.15) is 11.6 Å². The molecule has 1 unspecified atom stereocenters. The zero-order valence-corrected chi connectivity index (χ0v) is 23.1. The minimum Gasteiger partial charge on any atom is -0.390 e. The van der Waals surface area contributed by atoms with Gasteiger partial charge in [-0.15, -0.1) is 0 Å². The van der Waals surface area contributed by atoms with Crippen molar-refractivity contribution >= 4 is 23.4 Å². The third-order valence-corrected chi connectivity index (χ3v) is 8.51. The van der Waals surface area contributed by atoms with E-state index >= 15 is 0 Å². The topological polar surface area (TPSA) is 90.0 Å². The molecule has 206 valence electrons. The van der Waals surface area contributed by atoms with Crippen LogP contribution in [0.1, 0.15) is 57.9 Å². The van der Waals surface area contributed by atoms with Gasteiger partial charge in [0.25, 0.3) is 0 Å². The molecule has 3 N–H and O–H groups in total. The molecule has 2 amide bonds. The van der Waals surface area contributed by atoms with Crippen LogP contribution in [0.2, 0.25) is 0 Å². The first-order valence-corrected chi connectivity index (χ1v) is 14.3. The molecule has 2 aliphatic heterocycles. The highest BCUT2D eigenvalue weighted by molar-refractivity contribution is 5.91. The summed E-state index contributed by atoms with van der Waals surface area (Å²) < 4.78 is 5.58. The van der Waals surface area contributed by atoms with E-state index in [-0.39, 0.29) is 12.1 Å². The third kappa shape index (κ3) is 6.41. The van der Waals surface area contributed by atoms with Crippen LogP contribution < -0.4 is 15.5 Å². The molecule has 0 bridgehead atoms. The van der Waals surface area contributed by atoms with E-state index < -0.39 is 5.60 Å². The Bertz CT molecular complexity index is 1120. The summed E-state index contributed by atoms with van der Waals surface area (Å²) in [5.41, 5.74) is 3.55. The van der Waals surface area contributed by atoms with E-state index in [4.69, 9.17) is 9.72 Å². The summed E-state index contributed by atoms with van der Waals surface area (Å²) in [6.07, 6.45) is 5.61. The Morgan fingerprint density at radius 2 is 1.89 bits per heavy atom. The Hall–Kier alpha value is -2.84. The van der Waals surface area contributed by atoms with Crippen LogP contribution in [-0.2, 0) is 4.74 Å². The van der Waals surface area contributed by atoms with E-state index in [0.717, 1.165) is 98.7 Å². The normalized spacial score (nSPS) is 25.9. The van der Waals surface area contributed by atoms with Crippen molar-refractivity contribution in [1.82, 2.24) is 9.88 Å². The lowest BCUT2D eigenvalue weighted by Gasteiger charge is -2.34. The van der Waals surface area contributed by atoms with Gasteiger partial charge < -0.3 is 30.3 Å². The predicted octanol–water partition coefficient (Wildman–Crippen LogP) is 5.26. The lowest BCUT2D eigenvalue weighted by molar-refractivity contribution is 0.0196. The Balaban J connectivity index is 1.40. The molecule has 1 saturated carbocycles. The number of benzene rings is 1. The summed E-state index contributed by atoms with van der Waals surface area (Å²) >= 11 is 0. The van der Waals surface area contributed by atoms with Crippen molar-refractivity contribution in [2.75, 3.05) is 54.9 Å². The molecule has 3 fully saturated rings. The molecule has 1 atom stereocenters. The number of likely N-dealkylation sites (tertiary alicyclic amines) is 1. The first-order chi connectivity index (χ1) is 18.3. The number of aliphatic hydroxyl groups is 1. The zero-order chi connectivity index (χ0) is 26.7. The fraction of sp³-hybridized carbons (Fsp3) is 0.600. The minimum atomic E-state index is -0.569. The maximum absolute atomic E-state index is 12.9. The minimum absolute atomic E-state index is 0.0185. The molecule has 8 nitrogen and oxygen atoms in total. The molecular weight excluding hydrogens is 478 g/mol. The van der Waals surface area contributed by atoms with Crippen molar-refractivity contribution in [3.63, 3.8) is 0 Å². The Morgan fingerprint density at radius 1 is 1.13 bits per heavy atom. The predicted molar refractivity (Wildman–Crippen MR) is 153 cm³/mol. The van der Waals surface area contributed by atoms with E-state index in [2.05, 4.69) is 53.6 Å². The van der Waals surface area contributed by atoms with Gasteiger partial charge in [0.05, 0.1) is 18.8 Å². The lowest BCUT2D eigenvalue weighted by atomic mass is 9.83. The standard InChI is InChI=1S/C30H43N5O3/c1-4-22-9-12-35(20-22)29(36)32-25-6-5-21(2)26(19-25)23-17-27(31-24-7-10-30(3,37)11-8-24)33-28(18-23)34-13-15-38-16-14-34/h5-6,17-19,22,24,37H,4,7-16,20H2,1-3H3,(H,31,33)(H,32,36)/t22?,24-,30+. The van der Waals surface area contributed by atoms with Gasteiger partial charge in [-0.05, 0) is 92.8 Å². The molecule has 2 saturated heterocycles. The number of ether oxygens (including phenoxy) is 1. The number of amides is 2. The molecule has 2 aromatic rings. The SMILES string of the molecule is CCC1CCN(C(=O)Nc2ccc(C)c(-c3cc(N[C@H]4CC[C@@](C)(O)CC4)nc(N4CCOCC4)c3)c2)C1. The number of aromatic nitrogens is 1. The number of anilines is 3. The number of pyridine rings is 1. The molecule has 1 aromatic carbocycles. The van der Waals surface area contributed by atoms with Crippen LogP contribution in [0.5, 0.6) is 0 Å². The molecule has 3 aliphatic rings. The Labute approximate surface area is 226 Å². The van der Waals surface area contributed by atoms with Crippen LogP contribution in [0.4, 0.5) is 22.1 Å². The summed E-state index contributed by atoms with van der Waals surface area (Å²) in [5, 5.41) is 17.2. The number of carbonyl (C=O) groups excluding carboxylic acids is 1. The molecular formula is C30H43N5O3.